The summed E-state index contributed by atoms with van der Waals surface area (Å²) in [5.41, 5.74) is 1.44. The van der Waals surface area contributed by atoms with Gasteiger partial charge in [-0.3, -0.25) is 14.4 Å². The SMILES string of the molecule is O=C1[C@@H]2[C@@H](c3ccc(Cl)cc3Cl)N(c3ccccc3)O[C@H]2C(=O)N1c1cccc(F)c1. The number of benzene rings is 3. The molecule has 31 heavy (non-hydrogen) atoms. The summed E-state index contributed by atoms with van der Waals surface area (Å²) >= 11 is 12.5. The van der Waals surface area contributed by atoms with Crippen LogP contribution in [0.2, 0.25) is 10.0 Å². The number of imide groups is 1. The summed E-state index contributed by atoms with van der Waals surface area (Å²) in [4.78, 5) is 33.6. The van der Waals surface area contributed by atoms with Crippen molar-refractivity contribution in [3.63, 3.8) is 0 Å². The third-order valence-corrected chi connectivity index (χ3v) is 6.04. The number of para-hydroxylation sites is 1. The van der Waals surface area contributed by atoms with E-state index in [1.54, 1.807) is 23.3 Å². The normalized spacial score (nSPS) is 22.9. The van der Waals surface area contributed by atoms with Gasteiger partial charge in [0.2, 0.25) is 5.91 Å². The molecule has 2 heterocycles. The Morgan fingerprint density at radius 3 is 2.29 bits per heavy atom. The third-order valence-electron chi connectivity index (χ3n) is 5.47. The minimum atomic E-state index is -1.06. The van der Waals surface area contributed by atoms with Gasteiger partial charge in [0.1, 0.15) is 11.7 Å². The molecule has 0 aliphatic carbocycles. The third kappa shape index (κ3) is 3.28. The maximum atomic E-state index is 13.8. The molecule has 0 aromatic heterocycles. The zero-order valence-corrected chi connectivity index (χ0v) is 17.4. The van der Waals surface area contributed by atoms with Crippen LogP contribution in [-0.4, -0.2) is 17.9 Å². The van der Waals surface area contributed by atoms with Gasteiger partial charge in [-0.05, 0) is 48.0 Å². The first kappa shape index (κ1) is 20.0. The molecule has 8 heteroatoms. The lowest BCUT2D eigenvalue weighted by Gasteiger charge is -2.29. The second kappa shape index (κ2) is 7.64. The summed E-state index contributed by atoms with van der Waals surface area (Å²) in [7, 11) is 0. The van der Waals surface area contributed by atoms with E-state index < -0.39 is 35.7 Å². The van der Waals surface area contributed by atoms with Gasteiger partial charge in [-0.2, -0.15) is 0 Å². The van der Waals surface area contributed by atoms with Gasteiger partial charge in [0, 0.05) is 10.0 Å². The van der Waals surface area contributed by atoms with Crippen LogP contribution in [-0.2, 0) is 14.4 Å². The van der Waals surface area contributed by atoms with E-state index in [-0.39, 0.29) is 5.69 Å². The molecule has 3 aromatic carbocycles. The van der Waals surface area contributed by atoms with E-state index in [0.29, 0.717) is 21.3 Å². The highest BCUT2D eigenvalue weighted by Crippen LogP contribution is 2.49. The summed E-state index contributed by atoms with van der Waals surface area (Å²) < 4.78 is 13.8. The fourth-order valence-corrected chi connectivity index (χ4v) is 4.66. The van der Waals surface area contributed by atoms with Crippen molar-refractivity contribution in [2.24, 2.45) is 5.92 Å². The van der Waals surface area contributed by atoms with Crippen LogP contribution in [0.1, 0.15) is 11.6 Å². The molecule has 2 aliphatic rings. The van der Waals surface area contributed by atoms with E-state index in [9.17, 15) is 14.0 Å². The van der Waals surface area contributed by atoms with Crippen LogP contribution in [0.15, 0.2) is 72.8 Å². The average molecular weight is 457 g/mol. The van der Waals surface area contributed by atoms with Crippen molar-refractivity contribution in [2.75, 3.05) is 9.96 Å². The maximum absolute atomic E-state index is 13.8. The first-order chi connectivity index (χ1) is 15.0. The van der Waals surface area contributed by atoms with Gasteiger partial charge in [0.05, 0.1) is 17.4 Å². The van der Waals surface area contributed by atoms with E-state index in [4.69, 9.17) is 28.0 Å². The second-order valence-electron chi connectivity index (χ2n) is 7.32. The molecule has 0 bridgehead atoms. The Morgan fingerprint density at radius 2 is 1.58 bits per heavy atom. The minimum Gasteiger partial charge on any atom is -0.273 e. The van der Waals surface area contributed by atoms with Gasteiger partial charge in [-0.15, -0.1) is 0 Å². The number of fused-ring (bicyclic) bond motifs is 1. The summed E-state index contributed by atoms with van der Waals surface area (Å²) in [5, 5.41) is 2.35. The first-order valence-corrected chi connectivity index (χ1v) is 10.3. The molecular weight excluding hydrogens is 442 g/mol. The molecule has 2 saturated heterocycles. The number of amides is 2. The maximum Gasteiger partial charge on any atom is 0.266 e. The van der Waals surface area contributed by atoms with Crippen LogP contribution in [0, 0.1) is 11.7 Å². The molecule has 2 fully saturated rings. The molecular formula is C23H15Cl2FN2O3. The fraction of sp³-hybridized carbons (Fsp3) is 0.130. The molecule has 0 saturated carbocycles. The van der Waals surface area contributed by atoms with Crippen molar-refractivity contribution < 1.29 is 18.8 Å². The van der Waals surface area contributed by atoms with Crippen molar-refractivity contribution in [3.8, 4) is 0 Å². The topological polar surface area (TPSA) is 49.9 Å². The van der Waals surface area contributed by atoms with Crippen LogP contribution in [0.3, 0.4) is 0 Å². The molecule has 5 nitrogen and oxygen atoms in total. The van der Waals surface area contributed by atoms with Crippen LogP contribution in [0.4, 0.5) is 15.8 Å². The zero-order valence-electron chi connectivity index (χ0n) is 15.9. The van der Waals surface area contributed by atoms with Crippen molar-refractivity contribution in [1.82, 2.24) is 0 Å². The summed E-state index contributed by atoms with van der Waals surface area (Å²) in [5.74, 6) is -2.43. The van der Waals surface area contributed by atoms with Crippen LogP contribution in [0.25, 0.3) is 0 Å². The highest BCUT2D eigenvalue weighted by molar-refractivity contribution is 6.35. The largest absolute Gasteiger partial charge is 0.273 e. The van der Waals surface area contributed by atoms with Gasteiger partial charge in [0.15, 0.2) is 6.10 Å². The highest BCUT2D eigenvalue weighted by Gasteiger charge is 2.60. The summed E-state index contributed by atoms with van der Waals surface area (Å²) in [6, 6.07) is 18.8. The number of hydrogen-bond acceptors (Lipinski definition) is 4. The van der Waals surface area contributed by atoms with E-state index in [0.717, 1.165) is 11.0 Å². The predicted octanol–water partition coefficient (Wildman–Crippen LogP) is 5.18. The Hall–Kier alpha value is -2.93. The zero-order chi connectivity index (χ0) is 21.7. The molecule has 0 unspecified atom stereocenters. The molecule has 156 valence electrons. The molecule has 5 rings (SSSR count). The molecule has 3 atom stereocenters. The van der Waals surface area contributed by atoms with Gasteiger partial charge in [-0.25, -0.2) is 14.4 Å². The summed E-state index contributed by atoms with van der Waals surface area (Å²) in [6.07, 6.45) is -1.06. The Morgan fingerprint density at radius 1 is 0.839 bits per heavy atom. The van der Waals surface area contributed by atoms with Crippen molar-refractivity contribution in [1.29, 1.82) is 0 Å². The van der Waals surface area contributed by atoms with Crippen molar-refractivity contribution in [2.45, 2.75) is 12.1 Å². The predicted molar refractivity (Wildman–Crippen MR) is 115 cm³/mol. The summed E-state index contributed by atoms with van der Waals surface area (Å²) in [6.45, 7) is 0. The Kier molecular flexibility index (Phi) is 4.93. The molecule has 0 spiro atoms. The Labute approximate surface area is 187 Å². The smallest absolute Gasteiger partial charge is 0.266 e. The van der Waals surface area contributed by atoms with Crippen LogP contribution in [0.5, 0.6) is 0 Å². The first-order valence-electron chi connectivity index (χ1n) is 9.55. The molecule has 0 N–H and O–H groups in total. The van der Waals surface area contributed by atoms with E-state index in [1.165, 1.54) is 18.2 Å². The second-order valence-corrected chi connectivity index (χ2v) is 8.16. The van der Waals surface area contributed by atoms with E-state index in [2.05, 4.69) is 0 Å². The van der Waals surface area contributed by atoms with Crippen molar-refractivity contribution in [3.05, 3.63) is 94.2 Å². The van der Waals surface area contributed by atoms with Crippen molar-refractivity contribution >= 4 is 46.4 Å². The van der Waals surface area contributed by atoms with Gasteiger partial charge >= 0.3 is 0 Å². The van der Waals surface area contributed by atoms with E-state index >= 15 is 0 Å². The van der Waals surface area contributed by atoms with Crippen LogP contribution >= 0.6 is 23.2 Å². The number of hydrogen-bond donors (Lipinski definition) is 0. The molecule has 0 radical (unpaired) electrons. The van der Waals surface area contributed by atoms with Crippen LogP contribution < -0.4 is 9.96 Å². The number of hydroxylamine groups is 1. The number of halogens is 3. The Balaban J connectivity index is 1.62. The van der Waals surface area contributed by atoms with Gasteiger partial charge < -0.3 is 0 Å². The lowest BCUT2D eigenvalue weighted by atomic mass is 9.90. The van der Waals surface area contributed by atoms with Gasteiger partial charge in [-0.1, -0.05) is 53.5 Å². The Bertz CT molecular complexity index is 1190. The number of carbonyl (C=O) groups is 2. The average Bonchev–Trinajstić information content (AvgIpc) is 3.25. The standard InChI is InChI=1S/C23H15Cl2FN2O3/c24-13-9-10-17(18(25)11-13)20-19-21(31-28(20)15-6-2-1-3-7-15)23(30)27(22(19)29)16-8-4-5-14(26)12-16/h1-12,19-21H/t19-,20-,21-/m1/s1. The number of anilines is 2. The minimum absolute atomic E-state index is 0.167. The lowest BCUT2D eigenvalue weighted by Crippen LogP contribution is -2.37. The highest BCUT2D eigenvalue weighted by atomic mass is 35.5. The number of rotatable bonds is 3. The number of nitrogens with zero attached hydrogens (tertiary/aromatic N) is 2. The quantitative estimate of drug-likeness (QED) is 0.509. The molecule has 2 aliphatic heterocycles. The fourth-order valence-electron chi connectivity index (χ4n) is 4.14. The molecule has 2 amide bonds. The van der Waals surface area contributed by atoms with E-state index in [1.807, 2.05) is 30.3 Å². The van der Waals surface area contributed by atoms with Gasteiger partial charge in [0.25, 0.3) is 5.91 Å². The number of carbonyl (C=O) groups excluding carboxylic acids is 2. The lowest BCUT2D eigenvalue weighted by molar-refractivity contribution is -0.126. The molecule has 3 aromatic rings. The monoisotopic (exact) mass is 456 g/mol.